The van der Waals surface area contributed by atoms with Crippen molar-refractivity contribution >= 4 is 17.5 Å². The molecule has 2 aromatic carbocycles. The van der Waals surface area contributed by atoms with Crippen LogP contribution in [0.2, 0.25) is 5.02 Å². The van der Waals surface area contributed by atoms with Crippen LogP contribution in [-0.4, -0.2) is 58.6 Å². The summed E-state index contributed by atoms with van der Waals surface area (Å²) in [4.78, 5) is 20.9. The average molecular weight is 427 g/mol. The molecule has 0 bridgehead atoms. The van der Waals surface area contributed by atoms with E-state index in [0.717, 1.165) is 18.7 Å². The molecule has 1 aliphatic rings. The van der Waals surface area contributed by atoms with Crippen molar-refractivity contribution in [2.24, 2.45) is 0 Å². The number of hydrogen-bond donors (Lipinski definition) is 0. The molecule has 0 radical (unpaired) electrons. The lowest BCUT2D eigenvalue weighted by Crippen LogP contribution is -2.49. The molecule has 1 amide bonds. The van der Waals surface area contributed by atoms with E-state index in [1.807, 2.05) is 36.1 Å². The summed E-state index contributed by atoms with van der Waals surface area (Å²) in [5, 5.41) is 4.72. The van der Waals surface area contributed by atoms with Crippen LogP contribution in [0.5, 0.6) is 5.75 Å². The van der Waals surface area contributed by atoms with Crippen molar-refractivity contribution < 1.29 is 14.1 Å². The highest BCUT2D eigenvalue weighted by Crippen LogP contribution is 2.18. The summed E-state index contributed by atoms with van der Waals surface area (Å²) >= 11 is 5.86. The highest BCUT2D eigenvalue weighted by molar-refractivity contribution is 6.30. The molecule has 1 aliphatic heterocycles. The number of benzene rings is 2. The van der Waals surface area contributed by atoms with Crippen LogP contribution >= 0.6 is 11.6 Å². The Balaban J connectivity index is 1.24. The number of piperazine rings is 1. The molecule has 0 spiro atoms. The maximum Gasteiger partial charge on any atom is 0.260 e. The van der Waals surface area contributed by atoms with Gasteiger partial charge in [-0.25, -0.2) is 0 Å². The highest BCUT2D eigenvalue weighted by Gasteiger charge is 2.23. The van der Waals surface area contributed by atoms with Gasteiger partial charge in [-0.3, -0.25) is 9.69 Å². The fraction of sp³-hybridized carbons (Fsp3) is 0.318. The standard InChI is InChI=1S/C22H23ClN4O3/c1-16-2-4-17(5-3-16)22-24-20(30-25-22)14-26-10-12-27(13-11-26)21(28)15-29-19-8-6-18(23)7-9-19/h2-9H,10-15H2,1H3. The van der Waals surface area contributed by atoms with E-state index in [1.165, 1.54) is 5.56 Å². The topological polar surface area (TPSA) is 71.7 Å². The SMILES string of the molecule is Cc1ccc(-c2noc(CN3CCN(C(=O)COc4ccc(Cl)cc4)CC3)n2)cc1. The van der Waals surface area contributed by atoms with Gasteiger partial charge in [-0.2, -0.15) is 4.98 Å². The molecule has 0 unspecified atom stereocenters. The zero-order chi connectivity index (χ0) is 20.9. The molecule has 1 saturated heterocycles. The largest absolute Gasteiger partial charge is 0.484 e. The van der Waals surface area contributed by atoms with Crippen LogP contribution < -0.4 is 4.74 Å². The zero-order valence-electron chi connectivity index (χ0n) is 16.8. The number of rotatable bonds is 6. The Bertz CT molecular complexity index is 980. The highest BCUT2D eigenvalue weighted by atomic mass is 35.5. The van der Waals surface area contributed by atoms with Crippen molar-refractivity contribution in [3.63, 3.8) is 0 Å². The van der Waals surface area contributed by atoms with E-state index in [-0.39, 0.29) is 12.5 Å². The van der Waals surface area contributed by atoms with Crippen LogP contribution in [0.4, 0.5) is 0 Å². The minimum absolute atomic E-state index is 0.0190. The van der Waals surface area contributed by atoms with Gasteiger partial charge in [0, 0.05) is 36.8 Å². The van der Waals surface area contributed by atoms with Crippen molar-refractivity contribution in [3.05, 3.63) is 65.0 Å². The van der Waals surface area contributed by atoms with Gasteiger partial charge < -0.3 is 14.2 Å². The molecule has 7 nitrogen and oxygen atoms in total. The van der Waals surface area contributed by atoms with Crippen molar-refractivity contribution in [2.45, 2.75) is 13.5 Å². The van der Waals surface area contributed by atoms with Crippen LogP contribution in [0.3, 0.4) is 0 Å². The second-order valence-corrected chi connectivity index (χ2v) is 7.71. The number of aromatic nitrogens is 2. The summed E-state index contributed by atoms with van der Waals surface area (Å²) in [5.74, 6) is 1.78. The number of halogens is 1. The summed E-state index contributed by atoms with van der Waals surface area (Å²) < 4.78 is 11.0. The van der Waals surface area contributed by atoms with Crippen molar-refractivity contribution in [3.8, 4) is 17.1 Å². The third-order valence-corrected chi connectivity index (χ3v) is 5.29. The van der Waals surface area contributed by atoms with Crippen LogP contribution in [-0.2, 0) is 11.3 Å². The van der Waals surface area contributed by atoms with E-state index in [2.05, 4.69) is 15.0 Å². The van der Waals surface area contributed by atoms with E-state index in [9.17, 15) is 4.79 Å². The molecule has 1 aromatic heterocycles. The Kier molecular flexibility index (Phi) is 6.30. The lowest BCUT2D eigenvalue weighted by atomic mass is 10.1. The number of amides is 1. The number of hydrogen-bond acceptors (Lipinski definition) is 6. The Morgan fingerprint density at radius 2 is 1.77 bits per heavy atom. The first-order chi connectivity index (χ1) is 14.6. The number of aryl methyl sites for hydroxylation is 1. The van der Waals surface area contributed by atoms with Crippen LogP contribution in [0.25, 0.3) is 11.4 Å². The van der Waals surface area contributed by atoms with Gasteiger partial charge in [0.05, 0.1) is 6.54 Å². The summed E-state index contributed by atoms with van der Waals surface area (Å²) in [6, 6.07) is 15.0. The van der Waals surface area contributed by atoms with E-state index in [0.29, 0.717) is 42.1 Å². The van der Waals surface area contributed by atoms with Gasteiger partial charge in [0.1, 0.15) is 5.75 Å². The third-order valence-electron chi connectivity index (χ3n) is 5.04. The summed E-state index contributed by atoms with van der Waals surface area (Å²) in [6.45, 7) is 5.40. The predicted octanol–water partition coefficient (Wildman–Crippen LogP) is 3.42. The molecule has 0 saturated carbocycles. The maximum absolute atomic E-state index is 12.4. The normalized spacial score (nSPS) is 14.7. The second kappa shape index (κ2) is 9.28. The van der Waals surface area contributed by atoms with Crippen LogP contribution in [0.15, 0.2) is 53.1 Å². The molecule has 30 heavy (non-hydrogen) atoms. The zero-order valence-corrected chi connectivity index (χ0v) is 17.5. The molecule has 156 valence electrons. The molecule has 4 rings (SSSR count). The maximum atomic E-state index is 12.4. The molecular weight excluding hydrogens is 404 g/mol. The molecule has 1 fully saturated rings. The first-order valence-corrected chi connectivity index (χ1v) is 10.2. The van der Waals surface area contributed by atoms with Crippen molar-refractivity contribution in [1.29, 1.82) is 0 Å². The first-order valence-electron chi connectivity index (χ1n) is 9.85. The quantitative estimate of drug-likeness (QED) is 0.601. The molecule has 3 aromatic rings. The fourth-order valence-corrected chi connectivity index (χ4v) is 3.38. The average Bonchev–Trinajstić information content (AvgIpc) is 3.22. The molecule has 0 atom stereocenters. The lowest BCUT2D eigenvalue weighted by molar-refractivity contribution is -0.135. The number of carbonyl (C=O) groups excluding carboxylic acids is 1. The monoisotopic (exact) mass is 426 g/mol. The Hall–Kier alpha value is -2.90. The molecule has 0 aliphatic carbocycles. The Morgan fingerprint density at radius 1 is 1.07 bits per heavy atom. The van der Waals surface area contributed by atoms with Crippen molar-refractivity contribution in [2.75, 3.05) is 32.8 Å². The van der Waals surface area contributed by atoms with Gasteiger partial charge in [0.25, 0.3) is 5.91 Å². The van der Waals surface area contributed by atoms with Gasteiger partial charge in [0.2, 0.25) is 11.7 Å². The number of carbonyl (C=O) groups is 1. The van der Waals surface area contributed by atoms with Gasteiger partial charge >= 0.3 is 0 Å². The van der Waals surface area contributed by atoms with Crippen LogP contribution in [0.1, 0.15) is 11.5 Å². The smallest absolute Gasteiger partial charge is 0.260 e. The van der Waals surface area contributed by atoms with Gasteiger partial charge in [-0.15, -0.1) is 0 Å². The summed E-state index contributed by atoms with van der Waals surface area (Å²) in [7, 11) is 0. The van der Waals surface area contributed by atoms with Gasteiger partial charge in [0.15, 0.2) is 6.61 Å². The van der Waals surface area contributed by atoms with E-state index in [1.54, 1.807) is 24.3 Å². The Labute approximate surface area is 180 Å². The number of nitrogens with zero attached hydrogens (tertiary/aromatic N) is 4. The minimum Gasteiger partial charge on any atom is -0.484 e. The third kappa shape index (κ3) is 5.17. The molecule has 0 N–H and O–H groups in total. The summed E-state index contributed by atoms with van der Waals surface area (Å²) in [6.07, 6.45) is 0. The van der Waals surface area contributed by atoms with E-state index in [4.69, 9.17) is 20.9 Å². The fourth-order valence-electron chi connectivity index (χ4n) is 3.25. The van der Waals surface area contributed by atoms with Crippen LogP contribution in [0, 0.1) is 6.92 Å². The first kappa shape index (κ1) is 20.4. The van der Waals surface area contributed by atoms with Gasteiger partial charge in [-0.05, 0) is 31.2 Å². The van der Waals surface area contributed by atoms with Crippen molar-refractivity contribution in [1.82, 2.24) is 19.9 Å². The lowest BCUT2D eigenvalue weighted by Gasteiger charge is -2.33. The minimum atomic E-state index is -0.0240. The number of ether oxygens (including phenoxy) is 1. The Morgan fingerprint density at radius 3 is 2.47 bits per heavy atom. The molecule has 2 heterocycles. The molecular formula is C22H23ClN4O3. The summed E-state index contributed by atoms with van der Waals surface area (Å²) in [5.41, 5.74) is 2.13. The second-order valence-electron chi connectivity index (χ2n) is 7.28. The van der Waals surface area contributed by atoms with E-state index < -0.39 is 0 Å². The molecule has 8 heteroatoms. The van der Waals surface area contributed by atoms with E-state index >= 15 is 0 Å². The predicted molar refractivity (Wildman–Crippen MR) is 113 cm³/mol. The van der Waals surface area contributed by atoms with Gasteiger partial charge in [-0.1, -0.05) is 46.6 Å².